The van der Waals surface area contributed by atoms with Crippen LogP contribution in [0.3, 0.4) is 0 Å². The molecule has 0 aliphatic carbocycles. The normalized spacial score (nSPS) is 10.7. The van der Waals surface area contributed by atoms with E-state index in [4.69, 9.17) is 14.2 Å². The Labute approximate surface area is 160 Å². The maximum absolute atomic E-state index is 11.6. The monoisotopic (exact) mass is 372 g/mol. The van der Waals surface area contributed by atoms with Crippen molar-refractivity contribution in [3.8, 4) is 0 Å². The number of ether oxygens (including phenoxy) is 3. The van der Waals surface area contributed by atoms with Gasteiger partial charge in [-0.25, -0.2) is 0 Å². The number of unbranched alkanes of at least 4 members (excludes halogenated alkanes) is 9. The first-order valence-electron chi connectivity index (χ1n) is 10.6. The van der Waals surface area contributed by atoms with Gasteiger partial charge in [0, 0.05) is 19.4 Å². The minimum atomic E-state index is -0.137. The number of carbonyl (C=O) groups is 2. The van der Waals surface area contributed by atoms with Crippen molar-refractivity contribution < 1.29 is 23.8 Å². The molecule has 0 saturated heterocycles. The highest BCUT2D eigenvalue weighted by Crippen LogP contribution is 2.10. The third-order valence-electron chi connectivity index (χ3n) is 4.22. The number of esters is 2. The zero-order valence-electron chi connectivity index (χ0n) is 17.1. The zero-order valence-corrected chi connectivity index (χ0v) is 17.1. The Balaban J connectivity index is 3.25. The first kappa shape index (κ1) is 24.9. The second kappa shape index (κ2) is 20.2. The topological polar surface area (TPSA) is 61.8 Å². The lowest BCUT2D eigenvalue weighted by Crippen LogP contribution is -2.10. The summed E-state index contributed by atoms with van der Waals surface area (Å²) in [6, 6.07) is 0. The van der Waals surface area contributed by atoms with E-state index in [1.807, 2.05) is 6.92 Å². The Morgan fingerprint density at radius 3 is 1.65 bits per heavy atom. The molecule has 0 aliphatic heterocycles. The maximum atomic E-state index is 11.6. The lowest BCUT2D eigenvalue weighted by Gasteiger charge is -2.06. The summed E-state index contributed by atoms with van der Waals surface area (Å²) in [4.78, 5) is 23.0. The van der Waals surface area contributed by atoms with E-state index in [0.717, 1.165) is 51.4 Å². The first-order valence-corrected chi connectivity index (χ1v) is 10.6. The fraction of sp³-hybridized carbons (Fsp3) is 0.905. The molecule has 0 heterocycles. The number of hydrogen-bond acceptors (Lipinski definition) is 5. The molecule has 26 heavy (non-hydrogen) atoms. The average Bonchev–Trinajstić information content (AvgIpc) is 2.64. The van der Waals surface area contributed by atoms with E-state index in [2.05, 4.69) is 6.92 Å². The Morgan fingerprint density at radius 2 is 1.08 bits per heavy atom. The molecule has 0 unspecified atom stereocenters. The lowest BCUT2D eigenvalue weighted by molar-refractivity contribution is -0.145. The van der Waals surface area contributed by atoms with Crippen LogP contribution in [0.1, 0.15) is 97.3 Å². The van der Waals surface area contributed by atoms with Gasteiger partial charge in [0.05, 0.1) is 13.2 Å². The Bertz CT molecular complexity index is 330. The van der Waals surface area contributed by atoms with E-state index in [-0.39, 0.29) is 11.9 Å². The highest BCUT2D eigenvalue weighted by molar-refractivity contribution is 5.69. The molecular weight excluding hydrogens is 332 g/mol. The molecule has 0 fully saturated rings. The van der Waals surface area contributed by atoms with E-state index in [1.54, 1.807) is 0 Å². The molecular formula is C21H40O5. The van der Waals surface area contributed by atoms with Crippen LogP contribution in [-0.4, -0.2) is 38.4 Å². The molecule has 0 rings (SSSR count). The minimum Gasteiger partial charge on any atom is -0.466 e. The molecule has 5 nitrogen and oxygen atoms in total. The summed E-state index contributed by atoms with van der Waals surface area (Å²) >= 11 is 0. The molecule has 0 aromatic rings. The highest BCUT2D eigenvalue weighted by atomic mass is 16.6. The molecule has 0 bridgehead atoms. The van der Waals surface area contributed by atoms with Crippen molar-refractivity contribution >= 4 is 11.9 Å². The van der Waals surface area contributed by atoms with Gasteiger partial charge in [0.15, 0.2) is 0 Å². The van der Waals surface area contributed by atoms with Gasteiger partial charge >= 0.3 is 11.9 Å². The second-order valence-corrected chi connectivity index (χ2v) is 6.67. The lowest BCUT2D eigenvalue weighted by atomic mass is 10.1. The third kappa shape index (κ3) is 19.2. The Kier molecular flexibility index (Phi) is 19.4. The van der Waals surface area contributed by atoms with Crippen molar-refractivity contribution in [2.75, 3.05) is 26.4 Å². The summed E-state index contributed by atoms with van der Waals surface area (Å²) in [6.45, 7) is 6.16. The van der Waals surface area contributed by atoms with Crippen LogP contribution in [0.15, 0.2) is 0 Å². The van der Waals surface area contributed by atoms with Crippen molar-refractivity contribution in [1.82, 2.24) is 0 Å². The molecule has 0 aromatic carbocycles. The van der Waals surface area contributed by atoms with Crippen LogP contribution in [0.5, 0.6) is 0 Å². The van der Waals surface area contributed by atoms with Crippen LogP contribution in [-0.2, 0) is 23.8 Å². The van der Waals surface area contributed by atoms with Gasteiger partial charge in [0.2, 0.25) is 0 Å². The zero-order chi connectivity index (χ0) is 19.3. The fourth-order valence-electron chi connectivity index (χ4n) is 2.64. The average molecular weight is 373 g/mol. The van der Waals surface area contributed by atoms with E-state index in [9.17, 15) is 9.59 Å². The number of hydrogen-bond donors (Lipinski definition) is 0. The van der Waals surface area contributed by atoms with Gasteiger partial charge in [-0.2, -0.15) is 0 Å². The standard InChI is InChI=1S/C21H40O5/c1-3-5-6-11-14-17-25-20(22)15-12-9-7-8-10-13-16-21(23)26-19-18-24-4-2/h3-19H2,1-2H3. The summed E-state index contributed by atoms with van der Waals surface area (Å²) in [6.07, 6.45) is 12.9. The van der Waals surface area contributed by atoms with Crippen LogP contribution in [0, 0.1) is 0 Å². The molecule has 0 atom stereocenters. The van der Waals surface area contributed by atoms with E-state index < -0.39 is 0 Å². The van der Waals surface area contributed by atoms with Gasteiger partial charge in [-0.15, -0.1) is 0 Å². The third-order valence-corrected chi connectivity index (χ3v) is 4.22. The molecule has 0 saturated carbocycles. The molecule has 154 valence electrons. The van der Waals surface area contributed by atoms with Gasteiger partial charge in [0.1, 0.15) is 6.61 Å². The SMILES string of the molecule is CCCCCCCOC(=O)CCCCCCCCC(=O)OCCOCC. The van der Waals surface area contributed by atoms with Gasteiger partial charge in [-0.3, -0.25) is 9.59 Å². The van der Waals surface area contributed by atoms with Crippen LogP contribution in [0.4, 0.5) is 0 Å². The van der Waals surface area contributed by atoms with Crippen molar-refractivity contribution in [1.29, 1.82) is 0 Å². The second-order valence-electron chi connectivity index (χ2n) is 6.67. The largest absolute Gasteiger partial charge is 0.466 e. The summed E-state index contributed by atoms with van der Waals surface area (Å²) in [5.74, 6) is -0.197. The Hall–Kier alpha value is -1.10. The molecule has 0 radical (unpaired) electrons. The van der Waals surface area contributed by atoms with E-state index >= 15 is 0 Å². The molecule has 0 aliphatic rings. The van der Waals surface area contributed by atoms with E-state index in [1.165, 1.54) is 19.3 Å². The Morgan fingerprint density at radius 1 is 0.577 bits per heavy atom. The summed E-state index contributed by atoms with van der Waals surface area (Å²) in [7, 11) is 0. The molecule has 0 amide bonds. The molecule has 5 heteroatoms. The first-order chi connectivity index (χ1) is 12.7. The molecule has 0 spiro atoms. The summed E-state index contributed by atoms with van der Waals surface area (Å²) in [5.41, 5.74) is 0. The number of carbonyl (C=O) groups excluding carboxylic acids is 2. The van der Waals surface area contributed by atoms with Crippen molar-refractivity contribution in [3.63, 3.8) is 0 Å². The molecule has 0 N–H and O–H groups in total. The van der Waals surface area contributed by atoms with Crippen LogP contribution in [0.25, 0.3) is 0 Å². The van der Waals surface area contributed by atoms with Gasteiger partial charge in [-0.1, -0.05) is 58.3 Å². The van der Waals surface area contributed by atoms with Crippen molar-refractivity contribution in [2.24, 2.45) is 0 Å². The van der Waals surface area contributed by atoms with Crippen LogP contribution >= 0.6 is 0 Å². The van der Waals surface area contributed by atoms with Gasteiger partial charge in [-0.05, 0) is 26.2 Å². The predicted molar refractivity (Wildman–Crippen MR) is 104 cm³/mol. The van der Waals surface area contributed by atoms with E-state index in [0.29, 0.717) is 39.3 Å². The van der Waals surface area contributed by atoms with Crippen molar-refractivity contribution in [2.45, 2.75) is 97.3 Å². The predicted octanol–water partition coefficient (Wildman–Crippen LogP) is 5.20. The minimum absolute atomic E-state index is 0.0599. The molecule has 0 aromatic heterocycles. The van der Waals surface area contributed by atoms with Crippen LogP contribution < -0.4 is 0 Å². The summed E-state index contributed by atoms with van der Waals surface area (Å²) < 4.78 is 15.4. The quantitative estimate of drug-likeness (QED) is 0.230. The van der Waals surface area contributed by atoms with Gasteiger partial charge < -0.3 is 14.2 Å². The highest BCUT2D eigenvalue weighted by Gasteiger charge is 2.04. The fourth-order valence-corrected chi connectivity index (χ4v) is 2.64. The van der Waals surface area contributed by atoms with Gasteiger partial charge in [0.25, 0.3) is 0 Å². The van der Waals surface area contributed by atoms with Crippen molar-refractivity contribution in [3.05, 3.63) is 0 Å². The maximum Gasteiger partial charge on any atom is 0.305 e. The number of rotatable bonds is 19. The smallest absolute Gasteiger partial charge is 0.305 e. The summed E-state index contributed by atoms with van der Waals surface area (Å²) in [5, 5.41) is 0. The van der Waals surface area contributed by atoms with Crippen LogP contribution in [0.2, 0.25) is 0 Å².